The highest BCUT2D eigenvalue weighted by Gasteiger charge is 2.27. The Hall–Kier alpha value is -2.45. The van der Waals surface area contributed by atoms with Gasteiger partial charge >= 0.3 is 0 Å². The SMILES string of the molecule is CCc1cc(CNC2CCS(=O)(=O)C2)ccc1CNc1cc2c(cn1)ncn2C. The fourth-order valence-electron chi connectivity index (χ4n) is 3.82. The van der Waals surface area contributed by atoms with Gasteiger partial charge in [0.15, 0.2) is 9.84 Å². The molecular weight excluding hydrogens is 386 g/mol. The van der Waals surface area contributed by atoms with Crippen LogP contribution in [0.2, 0.25) is 0 Å². The number of fused-ring (bicyclic) bond motifs is 1. The van der Waals surface area contributed by atoms with Crippen molar-refractivity contribution >= 4 is 26.7 Å². The summed E-state index contributed by atoms with van der Waals surface area (Å²) < 4.78 is 25.2. The number of nitrogens with zero attached hydrogens (tertiary/aromatic N) is 3. The number of anilines is 1. The maximum atomic E-state index is 11.6. The van der Waals surface area contributed by atoms with Crippen LogP contribution in [0, 0.1) is 0 Å². The number of rotatable bonds is 7. The molecule has 1 unspecified atom stereocenters. The van der Waals surface area contributed by atoms with E-state index in [2.05, 4.69) is 45.7 Å². The molecule has 8 heteroatoms. The third-order valence-corrected chi connectivity index (χ3v) is 7.32. The van der Waals surface area contributed by atoms with Gasteiger partial charge in [-0.3, -0.25) is 0 Å². The highest BCUT2D eigenvalue weighted by Crippen LogP contribution is 2.18. The van der Waals surface area contributed by atoms with E-state index >= 15 is 0 Å². The second-order valence-corrected chi connectivity index (χ2v) is 9.93. The van der Waals surface area contributed by atoms with Crippen LogP contribution in [0.3, 0.4) is 0 Å². The van der Waals surface area contributed by atoms with Gasteiger partial charge in [-0.15, -0.1) is 0 Å². The molecule has 1 aliphatic rings. The van der Waals surface area contributed by atoms with Gasteiger partial charge in [-0.05, 0) is 29.5 Å². The van der Waals surface area contributed by atoms with Crippen LogP contribution in [0.4, 0.5) is 5.82 Å². The van der Waals surface area contributed by atoms with Crippen LogP contribution < -0.4 is 10.6 Å². The van der Waals surface area contributed by atoms with E-state index in [4.69, 9.17) is 0 Å². The minimum Gasteiger partial charge on any atom is -0.366 e. The summed E-state index contributed by atoms with van der Waals surface area (Å²) in [5.41, 5.74) is 5.65. The predicted molar refractivity (Wildman–Crippen MR) is 116 cm³/mol. The van der Waals surface area contributed by atoms with Crippen molar-refractivity contribution in [2.24, 2.45) is 7.05 Å². The van der Waals surface area contributed by atoms with Gasteiger partial charge in [-0.1, -0.05) is 25.1 Å². The Labute approximate surface area is 171 Å². The Bertz CT molecular complexity index is 1120. The lowest BCUT2D eigenvalue weighted by atomic mass is 10.0. The van der Waals surface area contributed by atoms with E-state index in [0.717, 1.165) is 23.3 Å². The van der Waals surface area contributed by atoms with Crippen LogP contribution in [0.25, 0.3) is 11.0 Å². The molecule has 0 radical (unpaired) electrons. The van der Waals surface area contributed by atoms with Crippen molar-refractivity contribution in [3.05, 3.63) is 53.5 Å². The molecule has 0 amide bonds. The van der Waals surface area contributed by atoms with Crippen LogP contribution in [0.15, 0.2) is 36.8 Å². The van der Waals surface area contributed by atoms with E-state index in [1.54, 1.807) is 12.5 Å². The lowest BCUT2D eigenvalue weighted by Gasteiger charge is -2.14. The summed E-state index contributed by atoms with van der Waals surface area (Å²) >= 11 is 0. The summed E-state index contributed by atoms with van der Waals surface area (Å²) in [6.07, 6.45) is 5.23. The molecule has 1 aromatic carbocycles. The maximum absolute atomic E-state index is 11.6. The highest BCUT2D eigenvalue weighted by atomic mass is 32.2. The Morgan fingerprint density at radius 3 is 2.79 bits per heavy atom. The van der Waals surface area contributed by atoms with Gasteiger partial charge in [0.1, 0.15) is 11.3 Å². The topological polar surface area (TPSA) is 88.9 Å². The molecule has 1 fully saturated rings. The van der Waals surface area contributed by atoms with Gasteiger partial charge in [-0.2, -0.15) is 0 Å². The molecule has 0 bridgehead atoms. The van der Waals surface area contributed by atoms with Crippen LogP contribution in [-0.2, 0) is 36.4 Å². The summed E-state index contributed by atoms with van der Waals surface area (Å²) in [6, 6.07) is 8.56. The van der Waals surface area contributed by atoms with E-state index in [0.29, 0.717) is 25.3 Å². The number of hydrogen-bond acceptors (Lipinski definition) is 6. The number of benzene rings is 1. The van der Waals surface area contributed by atoms with Gasteiger partial charge in [0.05, 0.1) is 29.5 Å². The predicted octanol–water partition coefficient (Wildman–Crippen LogP) is 2.42. The van der Waals surface area contributed by atoms with Gasteiger partial charge in [0.25, 0.3) is 0 Å². The monoisotopic (exact) mass is 413 g/mol. The van der Waals surface area contributed by atoms with E-state index in [9.17, 15) is 8.42 Å². The molecule has 154 valence electrons. The lowest BCUT2D eigenvalue weighted by molar-refractivity contribution is 0.554. The van der Waals surface area contributed by atoms with Gasteiger partial charge in [0, 0.05) is 32.2 Å². The number of nitrogens with one attached hydrogen (secondary N) is 2. The van der Waals surface area contributed by atoms with E-state index in [1.165, 1.54) is 16.7 Å². The molecule has 1 atom stereocenters. The molecular formula is C21H27N5O2S. The molecule has 2 N–H and O–H groups in total. The van der Waals surface area contributed by atoms with Gasteiger partial charge in [-0.25, -0.2) is 18.4 Å². The fraction of sp³-hybridized carbons (Fsp3) is 0.429. The fourth-order valence-corrected chi connectivity index (χ4v) is 5.53. The van der Waals surface area contributed by atoms with Crippen molar-refractivity contribution in [1.82, 2.24) is 19.9 Å². The summed E-state index contributed by atoms with van der Waals surface area (Å²) in [7, 11) is -0.874. The van der Waals surface area contributed by atoms with Crippen molar-refractivity contribution < 1.29 is 8.42 Å². The first-order chi connectivity index (χ1) is 13.9. The standard InChI is InChI=1S/C21H27N5O2S/c1-3-16-8-15(10-22-18-6-7-29(27,28)13-18)4-5-17(16)11-23-21-9-20-19(12-24-21)25-14-26(20)2/h4-5,8-9,12,14,18,22H,3,6-7,10-11,13H2,1-2H3,(H,23,24). The second-order valence-electron chi connectivity index (χ2n) is 7.70. The summed E-state index contributed by atoms with van der Waals surface area (Å²) in [4.78, 5) is 8.75. The molecule has 29 heavy (non-hydrogen) atoms. The molecule has 1 saturated heterocycles. The van der Waals surface area contributed by atoms with Crippen LogP contribution >= 0.6 is 0 Å². The molecule has 3 aromatic rings. The lowest BCUT2D eigenvalue weighted by Crippen LogP contribution is -2.29. The van der Waals surface area contributed by atoms with Crippen LogP contribution in [0.5, 0.6) is 0 Å². The quantitative estimate of drug-likeness (QED) is 0.618. The Balaban J connectivity index is 1.40. The van der Waals surface area contributed by atoms with E-state index < -0.39 is 9.84 Å². The number of hydrogen-bond donors (Lipinski definition) is 2. The number of imidazole rings is 1. The number of aromatic nitrogens is 3. The Morgan fingerprint density at radius 1 is 1.17 bits per heavy atom. The Morgan fingerprint density at radius 2 is 2.03 bits per heavy atom. The van der Waals surface area contributed by atoms with Gasteiger partial charge < -0.3 is 15.2 Å². The van der Waals surface area contributed by atoms with Crippen molar-refractivity contribution in [2.75, 3.05) is 16.8 Å². The molecule has 0 saturated carbocycles. The summed E-state index contributed by atoms with van der Waals surface area (Å²) in [6.45, 7) is 3.55. The van der Waals surface area contributed by atoms with E-state index in [1.807, 2.05) is 17.7 Å². The van der Waals surface area contributed by atoms with Crippen LogP contribution in [0.1, 0.15) is 30.0 Å². The molecule has 3 heterocycles. The summed E-state index contributed by atoms with van der Waals surface area (Å²) in [5.74, 6) is 1.38. The molecule has 1 aliphatic heterocycles. The highest BCUT2D eigenvalue weighted by molar-refractivity contribution is 7.91. The zero-order valence-electron chi connectivity index (χ0n) is 16.9. The van der Waals surface area contributed by atoms with E-state index in [-0.39, 0.29) is 11.8 Å². The molecule has 4 rings (SSSR count). The number of aryl methyl sites for hydroxylation is 2. The molecule has 2 aromatic heterocycles. The third-order valence-electron chi connectivity index (χ3n) is 5.55. The van der Waals surface area contributed by atoms with Crippen molar-refractivity contribution in [1.29, 1.82) is 0 Å². The van der Waals surface area contributed by atoms with Crippen molar-refractivity contribution in [3.8, 4) is 0 Å². The van der Waals surface area contributed by atoms with Crippen LogP contribution in [-0.4, -0.2) is 40.5 Å². The minimum absolute atomic E-state index is 0.0689. The zero-order valence-corrected chi connectivity index (χ0v) is 17.7. The van der Waals surface area contributed by atoms with Gasteiger partial charge in [0.2, 0.25) is 0 Å². The molecule has 0 spiro atoms. The van der Waals surface area contributed by atoms with Crippen molar-refractivity contribution in [2.45, 2.75) is 38.9 Å². The average molecular weight is 414 g/mol. The number of pyridine rings is 1. The second kappa shape index (κ2) is 8.12. The maximum Gasteiger partial charge on any atom is 0.151 e. The minimum atomic E-state index is -2.85. The first-order valence-electron chi connectivity index (χ1n) is 9.99. The average Bonchev–Trinajstić information content (AvgIpc) is 3.26. The summed E-state index contributed by atoms with van der Waals surface area (Å²) in [5, 5.41) is 6.80. The smallest absolute Gasteiger partial charge is 0.151 e. The first kappa shape index (κ1) is 19.8. The molecule has 7 nitrogen and oxygen atoms in total. The van der Waals surface area contributed by atoms with Crippen molar-refractivity contribution in [3.63, 3.8) is 0 Å². The molecule has 0 aliphatic carbocycles. The Kier molecular flexibility index (Phi) is 5.56. The normalized spacial score (nSPS) is 18.3. The first-order valence-corrected chi connectivity index (χ1v) is 11.8. The zero-order chi connectivity index (χ0) is 20.4. The largest absolute Gasteiger partial charge is 0.366 e. The number of sulfone groups is 1. The third kappa shape index (κ3) is 4.59.